The second kappa shape index (κ2) is 6.83. The normalized spacial score (nSPS) is 10.2. The first-order valence-electron chi connectivity index (χ1n) is 6.95. The first kappa shape index (κ1) is 15.0. The molecule has 0 fully saturated rings. The van der Waals surface area contributed by atoms with E-state index < -0.39 is 0 Å². The highest BCUT2D eigenvalue weighted by Crippen LogP contribution is 2.26. The predicted octanol–water partition coefficient (Wildman–Crippen LogP) is 3.51. The van der Waals surface area contributed by atoms with Gasteiger partial charge in [-0.2, -0.15) is 4.98 Å². The van der Waals surface area contributed by atoms with Crippen LogP contribution in [0, 0.1) is 6.92 Å². The molecule has 112 valence electrons. The van der Waals surface area contributed by atoms with E-state index in [2.05, 4.69) is 10.3 Å². The summed E-state index contributed by atoms with van der Waals surface area (Å²) in [6.45, 7) is 4.64. The molecular formula is C16H21N3O2. The number of aryl methyl sites for hydroxylation is 1. The summed E-state index contributed by atoms with van der Waals surface area (Å²) in [7, 11) is 1.66. The quantitative estimate of drug-likeness (QED) is 0.850. The van der Waals surface area contributed by atoms with Crippen molar-refractivity contribution in [3.63, 3.8) is 0 Å². The fourth-order valence-corrected chi connectivity index (χ4v) is 1.94. The number of anilines is 3. The van der Waals surface area contributed by atoms with Crippen molar-refractivity contribution in [2.45, 2.75) is 20.3 Å². The molecule has 1 heterocycles. The molecule has 0 spiro atoms. The summed E-state index contributed by atoms with van der Waals surface area (Å²) in [5.74, 6) is 2.02. The lowest BCUT2D eigenvalue weighted by atomic mass is 10.2. The van der Waals surface area contributed by atoms with Crippen LogP contribution in [0.4, 0.5) is 17.2 Å². The van der Waals surface area contributed by atoms with Crippen molar-refractivity contribution >= 4 is 17.2 Å². The maximum atomic E-state index is 5.85. The summed E-state index contributed by atoms with van der Waals surface area (Å²) >= 11 is 0. The van der Waals surface area contributed by atoms with Gasteiger partial charge in [-0.1, -0.05) is 6.92 Å². The van der Waals surface area contributed by atoms with Crippen molar-refractivity contribution in [2.24, 2.45) is 0 Å². The number of nitrogens with zero attached hydrogens (tertiary/aromatic N) is 1. The van der Waals surface area contributed by atoms with Gasteiger partial charge in [0.05, 0.1) is 19.4 Å². The van der Waals surface area contributed by atoms with Gasteiger partial charge in [-0.25, -0.2) is 0 Å². The zero-order valence-corrected chi connectivity index (χ0v) is 12.6. The molecule has 0 aliphatic heterocycles. The summed E-state index contributed by atoms with van der Waals surface area (Å²) in [6.07, 6.45) is 0.913. The second-order valence-electron chi connectivity index (χ2n) is 4.75. The molecule has 21 heavy (non-hydrogen) atoms. The van der Waals surface area contributed by atoms with Crippen LogP contribution in [-0.4, -0.2) is 18.7 Å². The van der Waals surface area contributed by atoms with E-state index in [0.29, 0.717) is 24.0 Å². The number of benzene rings is 1. The fourth-order valence-electron chi connectivity index (χ4n) is 1.94. The third-order valence-electron chi connectivity index (χ3n) is 3.00. The molecule has 2 rings (SSSR count). The highest BCUT2D eigenvalue weighted by atomic mass is 16.5. The van der Waals surface area contributed by atoms with Crippen molar-refractivity contribution < 1.29 is 9.47 Å². The number of ether oxygens (including phenoxy) is 2. The molecule has 5 nitrogen and oxygen atoms in total. The van der Waals surface area contributed by atoms with Gasteiger partial charge in [0.15, 0.2) is 0 Å². The minimum Gasteiger partial charge on any atom is -0.496 e. The number of aromatic nitrogens is 1. The molecule has 0 aliphatic carbocycles. The lowest BCUT2D eigenvalue weighted by Gasteiger charge is -2.12. The molecular weight excluding hydrogens is 266 g/mol. The maximum Gasteiger partial charge on any atom is 0.239 e. The van der Waals surface area contributed by atoms with Crippen molar-refractivity contribution in [1.29, 1.82) is 0 Å². The average molecular weight is 287 g/mol. The maximum absolute atomic E-state index is 5.85. The van der Waals surface area contributed by atoms with Crippen molar-refractivity contribution in [3.8, 4) is 11.6 Å². The Kier molecular flexibility index (Phi) is 4.87. The Morgan fingerprint density at radius 2 is 2.05 bits per heavy atom. The predicted molar refractivity (Wildman–Crippen MR) is 85.4 cm³/mol. The molecule has 0 amide bonds. The molecule has 3 N–H and O–H groups in total. The number of nitrogens with one attached hydrogen (secondary N) is 1. The molecule has 1 aromatic carbocycles. The Morgan fingerprint density at radius 1 is 1.24 bits per heavy atom. The average Bonchev–Trinajstić information content (AvgIpc) is 2.48. The number of methoxy groups -OCH3 is 1. The lowest BCUT2D eigenvalue weighted by molar-refractivity contribution is 0.307. The van der Waals surface area contributed by atoms with Gasteiger partial charge in [-0.05, 0) is 49.2 Å². The molecule has 0 radical (unpaired) electrons. The summed E-state index contributed by atoms with van der Waals surface area (Å²) in [5, 5.41) is 3.24. The SMILES string of the molecule is CCCOc1nc(Nc2ccc(OC)c(C)c2)ccc1N. The minimum atomic E-state index is 0.465. The molecule has 1 aromatic heterocycles. The van der Waals surface area contributed by atoms with Crippen LogP contribution in [0.5, 0.6) is 11.6 Å². The van der Waals surface area contributed by atoms with E-state index in [1.165, 1.54) is 0 Å². The van der Waals surface area contributed by atoms with Gasteiger partial charge in [-0.3, -0.25) is 0 Å². The molecule has 2 aromatic rings. The molecule has 0 saturated carbocycles. The van der Waals surface area contributed by atoms with Gasteiger partial charge in [0.1, 0.15) is 11.6 Å². The van der Waals surface area contributed by atoms with Gasteiger partial charge in [0.2, 0.25) is 5.88 Å². The van der Waals surface area contributed by atoms with Crippen LogP contribution in [0.2, 0.25) is 0 Å². The standard InChI is InChI=1S/C16H21N3O2/c1-4-9-21-16-13(17)6-8-15(19-16)18-12-5-7-14(20-3)11(2)10-12/h5-8,10H,4,9,17H2,1-3H3,(H,18,19). The zero-order valence-electron chi connectivity index (χ0n) is 12.6. The Morgan fingerprint density at radius 3 is 2.71 bits per heavy atom. The summed E-state index contributed by atoms with van der Waals surface area (Å²) in [6, 6.07) is 9.48. The van der Waals surface area contributed by atoms with Gasteiger partial charge >= 0.3 is 0 Å². The lowest BCUT2D eigenvalue weighted by Crippen LogP contribution is -2.03. The molecule has 0 saturated heterocycles. The van der Waals surface area contributed by atoms with Crippen LogP contribution < -0.4 is 20.5 Å². The van der Waals surface area contributed by atoms with Gasteiger partial charge in [0, 0.05) is 5.69 Å². The van der Waals surface area contributed by atoms with E-state index >= 15 is 0 Å². The van der Waals surface area contributed by atoms with Crippen LogP contribution in [-0.2, 0) is 0 Å². The van der Waals surface area contributed by atoms with E-state index in [4.69, 9.17) is 15.2 Å². The van der Waals surface area contributed by atoms with E-state index in [9.17, 15) is 0 Å². The zero-order chi connectivity index (χ0) is 15.2. The summed E-state index contributed by atoms with van der Waals surface area (Å²) in [5.41, 5.74) is 8.39. The van der Waals surface area contributed by atoms with E-state index in [1.807, 2.05) is 38.1 Å². The minimum absolute atomic E-state index is 0.465. The number of rotatable bonds is 6. The Bertz CT molecular complexity index is 614. The van der Waals surface area contributed by atoms with Crippen LogP contribution in [0.15, 0.2) is 30.3 Å². The van der Waals surface area contributed by atoms with Crippen molar-refractivity contribution in [3.05, 3.63) is 35.9 Å². The summed E-state index contributed by atoms with van der Waals surface area (Å²) < 4.78 is 10.8. The van der Waals surface area contributed by atoms with Crippen LogP contribution in [0.25, 0.3) is 0 Å². The third-order valence-corrected chi connectivity index (χ3v) is 3.00. The van der Waals surface area contributed by atoms with Gasteiger partial charge < -0.3 is 20.5 Å². The van der Waals surface area contributed by atoms with E-state index in [1.54, 1.807) is 13.2 Å². The third kappa shape index (κ3) is 3.78. The number of nitrogens with two attached hydrogens (primary N) is 1. The van der Waals surface area contributed by atoms with Crippen LogP contribution in [0.1, 0.15) is 18.9 Å². The molecule has 5 heteroatoms. The molecule has 0 bridgehead atoms. The highest BCUT2D eigenvalue weighted by Gasteiger charge is 2.06. The second-order valence-corrected chi connectivity index (χ2v) is 4.75. The largest absolute Gasteiger partial charge is 0.496 e. The Hall–Kier alpha value is -2.43. The number of hydrogen-bond donors (Lipinski definition) is 2. The molecule has 0 atom stereocenters. The fraction of sp³-hybridized carbons (Fsp3) is 0.312. The van der Waals surface area contributed by atoms with Crippen molar-refractivity contribution in [1.82, 2.24) is 4.98 Å². The number of pyridine rings is 1. The highest BCUT2D eigenvalue weighted by molar-refractivity contribution is 5.62. The monoisotopic (exact) mass is 287 g/mol. The first-order chi connectivity index (χ1) is 10.1. The number of nitrogen functional groups attached to an aromatic ring is 1. The smallest absolute Gasteiger partial charge is 0.239 e. The molecule has 0 aliphatic rings. The Balaban J connectivity index is 2.17. The Labute approximate surface area is 125 Å². The van der Waals surface area contributed by atoms with E-state index in [0.717, 1.165) is 23.4 Å². The van der Waals surface area contributed by atoms with Gasteiger partial charge in [0.25, 0.3) is 0 Å². The summed E-state index contributed by atoms with van der Waals surface area (Å²) in [4.78, 5) is 4.39. The molecule has 0 unspecified atom stereocenters. The van der Waals surface area contributed by atoms with Gasteiger partial charge in [-0.15, -0.1) is 0 Å². The number of hydrogen-bond acceptors (Lipinski definition) is 5. The van der Waals surface area contributed by atoms with Crippen LogP contribution >= 0.6 is 0 Å². The van der Waals surface area contributed by atoms with Crippen LogP contribution in [0.3, 0.4) is 0 Å². The topological polar surface area (TPSA) is 69.4 Å². The van der Waals surface area contributed by atoms with Crippen molar-refractivity contribution in [2.75, 3.05) is 24.8 Å². The first-order valence-corrected chi connectivity index (χ1v) is 6.95. The van der Waals surface area contributed by atoms with E-state index in [-0.39, 0.29) is 0 Å².